The summed E-state index contributed by atoms with van der Waals surface area (Å²) in [6.07, 6.45) is 1.16. The van der Waals surface area contributed by atoms with E-state index in [1.807, 2.05) is 6.07 Å². The molecule has 0 fully saturated rings. The van der Waals surface area contributed by atoms with E-state index < -0.39 is 11.8 Å². The first kappa shape index (κ1) is 19.4. The number of carbonyl (C=O) groups excluding carboxylic acids is 1. The maximum absolute atomic E-state index is 12.1. The molecule has 2 aromatic carbocycles. The molecule has 0 heterocycles. The van der Waals surface area contributed by atoms with Crippen molar-refractivity contribution in [1.29, 1.82) is 5.26 Å². The normalized spacial score (nSPS) is 11.8. The van der Waals surface area contributed by atoms with E-state index in [9.17, 15) is 4.79 Å². The van der Waals surface area contributed by atoms with E-state index in [0.29, 0.717) is 31.5 Å². The quantitative estimate of drug-likeness (QED) is 0.501. The lowest BCUT2D eigenvalue weighted by molar-refractivity contribution is -0.116. The first-order valence-corrected chi connectivity index (χ1v) is 8.31. The van der Waals surface area contributed by atoms with Gasteiger partial charge in [0.25, 0.3) is 0 Å². The molecule has 25 heavy (non-hydrogen) atoms. The van der Waals surface area contributed by atoms with Crippen LogP contribution < -0.4 is 10.7 Å². The van der Waals surface area contributed by atoms with E-state index in [0.717, 1.165) is 6.21 Å². The zero-order valence-electron chi connectivity index (χ0n) is 12.4. The Kier molecular flexibility index (Phi) is 6.91. The molecule has 0 bridgehead atoms. The third-order valence-corrected chi connectivity index (χ3v) is 4.25. The van der Waals surface area contributed by atoms with Crippen LogP contribution in [0.25, 0.3) is 0 Å². The molecule has 2 rings (SSSR count). The van der Waals surface area contributed by atoms with Crippen LogP contribution in [-0.4, -0.2) is 12.1 Å². The molecule has 0 radical (unpaired) electrons. The SMILES string of the molecule is N#C[C@H](/C=N/Nc1cc(Cl)ccc1Cl)C(=O)Nc1ccc(Cl)c(Cl)c1. The minimum atomic E-state index is -1.13. The van der Waals surface area contributed by atoms with Gasteiger partial charge < -0.3 is 5.32 Å². The number of nitriles is 1. The van der Waals surface area contributed by atoms with Crippen LogP contribution in [-0.2, 0) is 4.79 Å². The Morgan fingerprint density at radius 3 is 2.48 bits per heavy atom. The molecule has 5 nitrogen and oxygen atoms in total. The van der Waals surface area contributed by atoms with Crippen LogP contribution in [0.1, 0.15) is 0 Å². The van der Waals surface area contributed by atoms with E-state index in [4.69, 9.17) is 51.7 Å². The predicted molar refractivity (Wildman–Crippen MR) is 103 cm³/mol. The molecular formula is C16H10Cl4N4O. The fourth-order valence-electron chi connectivity index (χ4n) is 1.72. The molecule has 1 amide bonds. The molecule has 0 aromatic heterocycles. The van der Waals surface area contributed by atoms with Gasteiger partial charge in [-0.15, -0.1) is 0 Å². The van der Waals surface area contributed by atoms with Crippen LogP contribution >= 0.6 is 46.4 Å². The molecule has 0 spiro atoms. The number of hydrogen-bond acceptors (Lipinski definition) is 4. The Bertz CT molecular complexity index is 864. The van der Waals surface area contributed by atoms with Crippen LogP contribution in [0.3, 0.4) is 0 Å². The predicted octanol–water partition coefficient (Wildman–Crippen LogP) is 5.48. The summed E-state index contributed by atoms with van der Waals surface area (Å²) in [5.41, 5.74) is 3.50. The minimum Gasteiger partial charge on any atom is -0.325 e. The Hall–Kier alpha value is -1.97. The number of anilines is 2. The number of amides is 1. The molecule has 128 valence electrons. The zero-order chi connectivity index (χ0) is 18.4. The van der Waals surface area contributed by atoms with Gasteiger partial charge in [-0.25, -0.2) is 0 Å². The van der Waals surface area contributed by atoms with E-state index in [-0.39, 0.29) is 0 Å². The lowest BCUT2D eigenvalue weighted by Gasteiger charge is -2.08. The average molecular weight is 416 g/mol. The highest BCUT2D eigenvalue weighted by atomic mass is 35.5. The molecule has 2 N–H and O–H groups in total. The third kappa shape index (κ3) is 5.52. The highest BCUT2D eigenvalue weighted by molar-refractivity contribution is 6.42. The first-order valence-electron chi connectivity index (χ1n) is 6.80. The van der Waals surface area contributed by atoms with Crippen LogP contribution in [0.15, 0.2) is 41.5 Å². The van der Waals surface area contributed by atoms with Crippen molar-refractivity contribution in [2.24, 2.45) is 11.0 Å². The Morgan fingerprint density at radius 1 is 1.08 bits per heavy atom. The number of carbonyl (C=O) groups is 1. The summed E-state index contributed by atoms with van der Waals surface area (Å²) in [7, 11) is 0. The van der Waals surface area contributed by atoms with E-state index in [1.165, 1.54) is 12.1 Å². The molecule has 0 saturated heterocycles. The standard InChI is InChI=1S/C16H10Cl4N4O/c17-10-1-3-13(19)15(5-10)24-22-8-9(7-21)16(25)23-11-2-4-12(18)14(20)6-11/h1-6,8-9,24H,(H,23,25)/b22-8+/t9-/m1/s1. The van der Waals surface area contributed by atoms with Crippen molar-refractivity contribution in [3.05, 3.63) is 56.5 Å². The second kappa shape index (κ2) is 8.93. The number of hydrogen-bond donors (Lipinski definition) is 2. The van der Waals surface area contributed by atoms with Gasteiger partial charge in [-0.1, -0.05) is 46.4 Å². The molecule has 1 atom stereocenters. The first-order chi connectivity index (χ1) is 11.9. The number of halogens is 4. The minimum absolute atomic E-state index is 0.291. The van der Waals surface area contributed by atoms with E-state index in [1.54, 1.807) is 24.3 Å². The van der Waals surface area contributed by atoms with Gasteiger partial charge in [-0.2, -0.15) is 10.4 Å². The lowest BCUT2D eigenvalue weighted by Crippen LogP contribution is -2.23. The van der Waals surface area contributed by atoms with Crippen molar-refractivity contribution in [2.45, 2.75) is 0 Å². The van der Waals surface area contributed by atoms with Crippen molar-refractivity contribution < 1.29 is 4.79 Å². The molecule has 0 saturated carbocycles. The topological polar surface area (TPSA) is 77.3 Å². The van der Waals surface area contributed by atoms with Gasteiger partial charge in [0.05, 0.1) is 33.0 Å². The zero-order valence-corrected chi connectivity index (χ0v) is 15.5. The fraction of sp³-hybridized carbons (Fsp3) is 0.0625. The van der Waals surface area contributed by atoms with Gasteiger partial charge in [-0.3, -0.25) is 10.2 Å². The number of benzene rings is 2. The summed E-state index contributed by atoms with van der Waals surface area (Å²) in [5.74, 6) is -1.69. The third-order valence-electron chi connectivity index (χ3n) is 2.95. The van der Waals surface area contributed by atoms with Gasteiger partial charge in [0.15, 0.2) is 5.92 Å². The van der Waals surface area contributed by atoms with Crippen molar-refractivity contribution >= 4 is 69.9 Å². The van der Waals surface area contributed by atoms with Gasteiger partial charge in [0, 0.05) is 10.7 Å². The smallest absolute Gasteiger partial charge is 0.247 e. The summed E-state index contributed by atoms with van der Waals surface area (Å²) in [6, 6.07) is 11.2. The van der Waals surface area contributed by atoms with Crippen LogP contribution in [0.5, 0.6) is 0 Å². The second-order valence-corrected chi connectivity index (χ2v) is 6.40. The maximum atomic E-state index is 12.1. The molecule has 0 aliphatic heterocycles. The van der Waals surface area contributed by atoms with E-state index in [2.05, 4.69) is 15.8 Å². The Balaban J connectivity index is 2.03. The molecule has 0 aliphatic carbocycles. The molecular weight excluding hydrogens is 406 g/mol. The summed E-state index contributed by atoms with van der Waals surface area (Å²) in [4.78, 5) is 12.1. The Labute approximate surface area is 164 Å². The van der Waals surface area contributed by atoms with Gasteiger partial charge in [-0.05, 0) is 36.4 Å². The van der Waals surface area contributed by atoms with Crippen molar-refractivity contribution in [3.63, 3.8) is 0 Å². The van der Waals surface area contributed by atoms with Crippen molar-refractivity contribution in [3.8, 4) is 6.07 Å². The maximum Gasteiger partial charge on any atom is 0.247 e. The number of nitrogens with zero attached hydrogens (tertiary/aromatic N) is 2. The number of nitrogens with one attached hydrogen (secondary N) is 2. The fourth-order valence-corrected chi connectivity index (χ4v) is 2.35. The van der Waals surface area contributed by atoms with Crippen molar-refractivity contribution in [2.75, 3.05) is 10.7 Å². The van der Waals surface area contributed by atoms with Crippen molar-refractivity contribution in [1.82, 2.24) is 0 Å². The second-order valence-electron chi connectivity index (χ2n) is 4.74. The molecule has 0 aliphatic rings. The monoisotopic (exact) mass is 414 g/mol. The number of hydrazone groups is 1. The lowest BCUT2D eigenvalue weighted by atomic mass is 10.1. The van der Waals surface area contributed by atoms with Crippen LogP contribution in [0.4, 0.5) is 11.4 Å². The number of rotatable bonds is 5. The highest BCUT2D eigenvalue weighted by Crippen LogP contribution is 2.26. The Morgan fingerprint density at radius 2 is 1.80 bits per heavy atom. The summed E-state index contributed by atoms with van der Waals surface area (Å²) in [5, 5.41) is 17.1. The van der Waals surface area contributed by atoms with Crippen LogP contribution in [0, 0.1) is 17.2 Å². The summed E-state index contributed by atoms with van der Waals surface area (Å²) >= 11 is 23.5. The summed E-state index contributed by atoms with van der Waals surface area (Å²) < 4.78 is 0. The van der Waals surface area contributed by atoms with Gasteiger partial charge in [0.2, 0.25) is 5.91 Å². The van der Waals surface area contributed by atoms with E-state index >= 15 is 0 Å². The largest absolute Gasteiger partial charge is 0.325 e. The van der Waals surface area contributed by atoms with Crippen LogP contribution in [0.2, 0.25) is 20.1 Å². The molecule has 2 aromatic rings. The molecule has 9 heteroatoms. The average Bonchev–Trinajstić information content (AvgIpc) is 2.58. The van der Waals surface area contributed by atoms with Gasteiger partial charge >= 0.3 is 0 Å². The molecule has 0 unspecified atom stereocenters. The highest BCUT2D eigenvalue weighted by Gasteiger charge is 2.16. The summed E-state index contributed by atoms with van der Waals surface area (Å²) in [6.45, 7) is 0. The van der Waals surface area contributed by atoms with Gasteiger partial charge in [0.1, 0.15) is 0 Å².